The summed E-state index contributed by atoms with van der Waals surface area (Å²) in [6, 6.07) is 17.8. The van der Waals surface area contributed by atoms with Gasteiger partial charge in [0.2, 0.25) is 11.8 Å². The van der Waals surface area contributed by atoms with Crippen molar-refractivity contribution in [2.75, 3.05) is 11.4 Å². The van der Waals surface area contributed by atoms with Gasteiger partial charge in [0, 0.05) is 72.5 Å². The maximum Gasteiger partial charge on any atom is 0.492 e. The Balaban J connectivity index is 1.11. The minimum Gasteiger partial charge on any atom is -0.423 e. The van der Waals surface area contributed by atoms with Crippen molar-refractivity contribution in [1.82, 2.24) is 15.3 Å². The zero-order valence-corrected chi connectivity index (χ0v) is 22.3. The number of benzene rings is 2. The van der Waals surface area contributed by atoms with Gasteiger partial charge in [-0.3, -0.25) is 19.6 Å². The van der Waals surface area contributed by atoms with Crippen LogP contribution in [0.2, 0.25) is 0 Å². The predicted molar refractivity (Wildman–Crippen MR) is 157 cm³/mol. The average Bonchev–Trinajstić information content (AvgIpc) is 3.74. The Labute approximate surface area is 237 Å². The average molecular weight is 542 g/mol. The number of nitrogens with zero attached hydrogens (tertiary/aromatic N) is 3. The van der Waals surface area contributed by atoms with E-state index in [1.54, 1.807) is 6.20 Å². The van der Waals surface area contributed by atoms with Crippen LogP contribution in [-0.4, -0.2) is 40.5 Å². The van der Waals surface area contributed by atoms with Gasteiger partial charge in [-0.1, -0.05) is 30.3 Å². The molecule has 8 nitrogen and oxygen atoms in total. The van der Waals surface area contributed by atoms with Gasteiger partial charge in [0.25, 0.3) is 0 Å². The molecule has 0 radical (unpaired) electrons. The van der Waals surface area contributed by atoms with E-state index < -0.39 is 7.12 Å². The van der Waals surface area contributed by atoms with Crippen LogP contribution >= 0.6 is 0 Å². The number of hydrogen-bond donors (Lipinski definition) is 2. The van der Waals surface area contributed by atoms with E-state index in [9.17, 15) is 14.6 Å². The molecule has 4 aromatic rings. The fraction of sp³-hybridized carbons (Fsp3) is 0.188. The number of aromatic nitrogens is 2. The monoisotopic (exact) mass is 542 g/mol. The van der Waals surface area contributed by atoms with E-state index in [2.05, 4.69) is 21.4 Å². The summed E-state index contributed by atoms with van der Waals surface area (Å²) in [6.45, 7) is 1.43. The fourth-order valence-electron chi connectivity index (χ4n) is 5.93. The van der Waals surface area contributed by atoms with E-state index in [4.69, 9.17) is 4.65 Å². The number of anilines is 1. The first-order chi connectivity index (χ1) is 20.0. The van der Waals surface area contributed by atoms with E-state index in [-0.39, 0.29) is 11.8 Å². The van der Waals surface area contributed by atoms with E-state index in [1.807, 2.05) is 71.9 Å². The fourth-order valence-corrected chi connectivity index (χ4v) is 5.93. The molecule has 2 aliphatic heterocycles. The van der Waals surface area contributed by atoms with Crippen molar-refractivity contribution in [3.05, 3.63) is 101 Å². The van der Waals surface area contributed by atoms with Crippen LogP contribution in [0.5, 0.6) is 0 Å². The van der Waals surface area contributed by atoms with E-state index in [1.165, 1.54) is 0 Å². The quantitative estimate of drug-likeness (QED) is 0.362. The highest BCUT2D eigenvalue weighted by atomic mass is 16.5. The first kappa shape index (κ1) is 25.4. The summed E-state index contributed by atoms with van der Waals surface area (Å²) < 4.78 is 5.34. The molecule has 2 aromatic heterocycles. The maximum atomic E-state index is 13.2. The second kappa shape index (κ2) is 10.4. The van der Waals surface area contributed by atoms with Crippen LogP contribution in [0.3, 0.4) is 0 Å². The molecule has 7 rings (SSSR count). The number of nitrogens with one attached hydrogen (secondary N) is 1. The molecule has 1 fully saturated rings. The predicted octanol–water partition coefficient (Wildman–Crippen LogP) is 3.41. The summed E-state index contributed by atoms with van der Waals surface area (Å²) in [5, 5.41) is 13.2. The molecule has 41 heavy (non-hydrogen) atoms. The van der Waals surface area contributed by atoms with Crippen molar-refractivity contribution < 1.29 is 19.3 Å². The number of rotatable bonds is 6. The van der Waals surface area contributed by atoms with Crippen molar-refractivity contribution in [3.63, 3.8) is 0 Å². The van der Waals surface area contributed by atoms with Crippen molar-refractivity contribution >= 4 is 36.2 Å². The Morgan fingerprint density at radius 3 is 2.76 bits per heavy atom. The molecule has 2 amide bonds. The minimum absolute atomic E-state index is 0.164. The molecule has 0 unspecified atom stereocenters. The summed E-state index contributed by atoms with van der Waals surface area (Å²) in [4.78, 5) is 36.2. The van der Waals surface area contributed by atoms with Crippen molar-refractivity contribution in [2.24, 2.45) is 0 Å². The summed E-state index contributed by atoms with van der Waals surface area (Å²) >= 11 is 0. The Morgan fingerprint density at radius 1 is 1.07 bits per heavy atom. The molecule has 1 aliphatic carbocycles. The van der Waals surface area contributed by atoms with Crippen LogP contribution in [0.1, 0.15) is 35.2 Å². The highest BCUT2D eigenvalue weighted by Crippen LogP contribution is 2.34. The van der Waals surface area contributed by atoms with Crippen molar-refractivity contribution in [3.8, 4) is 22.3 Å². The van der Waals surface area contributed by atoms with Crippen molar-refractivity contribution in [2.45, 2.75) is 32.4 Å². The molecule has 0 atom stereocenters. The SMILES string of the molecule is O=C(NCc1cccc2c1B(O)OC2)C1=Cc2c(-c3cncc(-c4ccc(N5CCCC5=O)cc4)c3)ccnc2C1. The lowest BCUT2D eigenvalue weighted by molar-refractivity contribution is -0.118. The molecule has 1 saturated heterocycles. The molecule has 0 saturated carbocycles. The third-order valence-corrected chi connectivity index (χ3v) is 8.05. The summed E-state index contributed by atoms with van der Waals surface area (Å²) in [6.07, 6.45) is 9.28. The normalized spacial score (nSPS) is 15.6. The van der Waals surface area contributed by atoms with Gasteiger partial charge in [-0.2, -0.15) is 0 Å². The van der Waals surface area contributed by atoms with Crippen LogP contribution < -0.4 is 15.7 Å². The number of hydrogen-bond acceptors (Lipinski definition) is 6. The third-order valence-electron chi connectivity index (χ3n) is 8.05. The molecular weight excluding hydrogens is 515 g/mol. The van der Waals surface area contributed by atoms with Gasteiger partial charge >= 0.3 is 7.12 Å². The number of carbonyl (C=O) groups excluding carboxylic acids is 2. The topological polar surface area (TPSA) is 105 Å². The van der Waals surface area contributed by atoms with Gasteiger partial charge in [0.1, 0.15) is 0 Å². The number of pyridine rings is 2. The highest BCUT2D eigenvalue weighted by Gasteiger charge is 2.30. The largest absolute Gasteiger partial charge is 0.492 e. The molecule has 202 valence electrons. The van der Waals surface area contributed by atoms with Crippen LogP contribution in [0.4, 0.5) is 5.69 Å². The maximum absolute atomic E-state index is 13.2. The Hall–Kier alpha value is -4.60. The second-order valence-corrected chi connectivity index (χ2v) is 10.6. The molecule has 9 heteroatoms. The molecule has 4 heterocycles. The van der Waals surface area contributed by atoms with Gasteiger partial charge in [0.15, 0.2) is 0 Å². The lowest BCUT2D eigenvalue weighted by Crippen LogP contribution is -2.35. The Kier molecular flexibility index (Phi) is 6.45. The van der Waals surface area contributed by atoms with E-state index in [0.29, 0.717) is 31.6 Å². The van der Waals surface area contributed by atoms with Crippen molar-refractivity contribution in [1.29, 1.82) is 0 Å². The van der Waals surface area contributed by atoms with Gasteiger partial charge in [-0.05, 0) is 64.5 Å². The second-order valence-electron chi connectivity index (χ2n) is 10.6. The van der Waals surface area contributed by atoms with E-state index in [0.717, 1.165) is 68.8 Å². The minimum atomic E-state index is -0.962. The summed E-state index contributed by atoms with van der Waals surface area (Å²) in [5.74, 6) is 0.00874. The molecule has 3 aliphatic rings. The smallest absolute Gasteiger partial charge is 0.423 e. The number of fused-ring (bicyclic) bond motifs is 2. The van der Waals surface area contributed by atoms with Gasteiger partial charge in [0.05, 0.1) is 12.3 Å². The Bertz CT molecular complexity index is 1720. The van der Waals surface area contributed by atoms with Crippen LogP contribution in [0, 0.1) is 0 Å². The first-order valence-corrected chi connectivity index (χ1v) is 13.8. The highest BCUT2D eigenvalue weighted by molar-refractivity contribution is 6.62. The van der Waals surface area contributed by atoms with Crippen LogP contribution in [0.25, 0.3) is 28.3 Å². The molecular formula is C32H27BN4O4. The standard InChI is InChI=1S/C32H27BN4O4/c38-30-5-2-12-37(30)26-8-6-20(7-9-26)24-13-25(17-34-16-24)27-10-11-35-29-15-23(14-28(27)29)32(39)36-18-21-3-1-4-22-19-41-33(40)31(21)22/h1,3-4,6-11,13-14,16-17,40H,2,5,12,15,18-19H2,(H,36,39). The Morgan fingerprint density at radius 2 is 1.93 bits per heavy atom. The van der Waals surface area contributed by atoms with Crippen LogP contribution in [-0.2, 0) is 33.8 Å². The number of carbonyl (C=O) groups is 2. The number of amides is 2. The van der Waals surface area contributed by atoms with Gasteiger partial charge in [-0.15, -0.1) is 0 Å². The molecule has 2 aromatic carbocycles. The van der Waals surface area contributed by atoms with Crippen LogP contribution in [0.15, 0.2) is 78.8 Å². The third kappa shape index (κ3) is 4.73. The zero-order valence-electron chi connectivity index (χ0n) is 22.3. The van der Waals surface area contributed by atoms with E-state index >= 15 is 0 Å². The summed E-state index contributed by atoms with van der Waals surface area (Å²) in [5.41, 5.74) is 9.74. The first-order valence-electron chi connectivity index (χ1n) is 13.8. The molecule has 0 bridgehead atoms. The lowest BCUT2D eigenvalue weighted by atomic mass is 9.76. The molecule has 2 N–H and O–H groups in total. The van der Waals surface area contributed by atoms with Gasteiger partial charge in [-0.25, -0.2) is 0 Å². The van der Waals surface area contributed by atoms with Gasteiger partial charge < -0.3 is 19.9 Å². The lowest BCUT2D eigenvalue weighted by Gasteiger charge is -2.16. The zero-order chi connectivity index (χ0) is 27.9. The molecule has 0 spiro atoms. The summed E-state index contributed by atoms with van der Waals surface area (Å²) in [7, 11) is -0.962.